The minimum Gasteiger partial charge on any atom is -0.395 e. The van der Waals surface area contributed by atoms with Gasteiger partial charge in [0.05, 0.1) is 6.61 Å². The second kappa shape index (κ2) is 3.70. The van der Waals surface area contributed by atoms with Crippen molar-refractivity contribution in [1.82, 2.24) is 9.97 Å². The molecule has 0 spiro atoms. The predicted octanol–water partition coefficient (Wildman–Crippen LogP) is 0.369. The van der Waals surface area contributed by atoms with Gasteiger partial charge in [-0.3, -0.25) is 0 Å². The summed E-state index contributed by atoms with van der Waals surface area (Å²) < 4.78 is 0. The third kappa shape index (κ3) is 1.62. The molecule has 0 fully saturated rings. The molecule has 13 heavy (non-hydrogen) atoms. The van der Waals surface area contributed by atoms with Crippen LogP contribution in [-0.4, -0.2) is 28.2 Å². The van der Waals surface area contributed by atoms with E-state index in [1.54, 1.807) is 6.33 Å². The lowest BCUT2D eigenvalue weighted by Gasteiger charge is -2.07. The van der Waals surface area contributed by atoms with Crippen LogP contribution >= 0.6 is 0 Å². The summed E-state index contributed by atoms with van der Waals surface area (Å²) in [7, 11) is 0. The van der Waals surface area contributed by atoms with Gasteiger partial charge in [-0.2, -0.15) is 0 Å². The SMILES string of the molecule is OCCNc1ncnc2c1CCC2. The van der Waals surface area contributed by atoms with E-state index in [4.69, 9.17) is 5.11 Å². The molecule has 0 radical (unpaired) electrons. The summed E-state index contributed by atoms with van der Waals surface area (Å²) in [5.41, 5.74) is 2.39. The number of nitrogens with zero attached hydrogens (tertiary/aromatic N) is 2. The van der Waals surface area contributed by atoms with Gasteiger partial charge in [-0.1, -0.05) is 0 Å². The van der Waals surface area contributed by atoms with Gasteiger partial charge in [-0.15, -0.1) is 0 Å². The molecule has 1 aromatic rings. The third-order valence-electron chi connectivity index (χ3n) is 2.28. The minimum absolute atomic E-state index is 0.138. The van der Waals surface area contributed by atoms with E-state index >= 15 is 0 Å². The van der Waals surface area contributed by atoms with E-state index < -0.39 is 0 Å². The van der Waals surface area contributed by atoms with Crippen molar-refractivity contribution in [3.63, 3.8) is 0 Å². The Hall–Kier alpha value is -1.16. The highest BCUT2D eigenvalue weighted by molar-refractivity contribution is 5.47. The Morgan fingerprint density at radius 3 is 3.15 bits per heavy atom. The van der Waals surface area contributed by atoms with Gasteiger partial charge in [0.25, 0.3) is 0 Å². The second-order valence-electron chi connectivity index (χ2n) is 3.15. The zero-order valence-electron chi connectivity index (χ0n) is 7.45. The molecule has 4 nitrogen and oxygen atoms in total. The van der Waals surface area contributed by atoms with Gasteiger partial charge in [-0.25, -0.2) is 9.97 Å². The van der Waals surface area contributed by atoms with Gasteiger partial charge in [0.1, 0.15) is 12.1 Å². The van der Waals surface area contributed by atoms with Gasteiger partial charge in [0.2, 0.25) is 0 Å². The molecule has 0 amide bonds. The molecule has 2 rings (SSSR count). The highest BCUT2D eigenvalue weighted by Crippen LogP contribution is 2.24. The van der Waals surface area contributed by atoms with E-state index in [0.717, 1.165) is 24.4 Å². The Balaban J connectivity index is 2.20. The van der Waals surface area contributed by atoms with Gasteiger partial charge in [0.15, 0.2) is 0 Å². The van der Waals surface area contributed by atoms with Gasteiger partial charge in [0, 0.05) is 17.8 Å². The van der Waals surface area contributed by atoms with Gasteiger partial charge in [-0.05, 0) is 19.3 Å². The van der Waals surface area contributed by atoms with E-state index in [-0.39, 0.29) is 6.61 Å². The smallest absolute Gasteiger partial charge is 0.132 e. The molecule has 1 aliphatic rings. The van der Waals surface area contributed by atoms with Crippen molar-refractivity contribution >= 4 is 5.82 Å². The number of nitrogens with one attached hydrogen (secondary N) is 1. The van der Waals surface area contributed by atoms with Crippen LogP contribution < -0.4 is 5.32 Å². The van der Waals surface area contributed by atoms with Crippen molar-refractivity contribution in [3.05, 3.63) is 17.6 Å². The molecule has 70 valence electrons. The number of aromatic nitrogens is 2. The van der Waals surface area contributed by atoms with Crippen molar-refractivity contribution in [2.24, 2.45) is 0 Å². The van der Waals surface area contributed by atoms with Crippen LogP contribution in [0, 0.1) is 0 Å². The number of hydrogen-bond donors (Lipinski definition) is 2. The maximum Gasteiger partial charge on any atom is 0.132 e. The summed E-state index contributed by atoms with van der Waals surface area (Å²) in [5, 5.41) is 11.8. The molecule has 1 aliphatic carbocycles. The number of fused-ring (bicyclic) bond motifs is 1. The molecule has 2 N–H and O–H groups in total. The zero-order chi connectivity index (χ0) is 9.10. The van der Waals surface area contributed by atoms with Gasteiger partial charge >= 0.3 is 0 Å². The van der Waals surface area contributed by atoms with Crippen molar-refractivity contribution < 1.29 is 5.11 Å². The number of aliphatic hydroxyl groups is 1. The molecule has 0 unspecified atom stereocenters. The van der Waals surface area contributed by atoms with Crippen molar-refractivity contribution in [2.45, 2.75) is 19.3 Å². The Morgan fingerprint density at radius 1 is 1.38 bits per heavy atom. The van der Waals surface area contributed by atoms with Crippen LogP contribution in [0.25, 0.3) is 0 Å². The number of aliphatic hydroxyl groups excluding tert-OH is 1. The maximum absolute atomic E-state index is 8.67. The molecular weight excluding hydrogens is 166 g/mol. The molecular formula is C9H13N3O. The first kappa shape index (κ1) is 8.44. The van der Waals surface area contributed by atoms with Crippen LogP contribution in [0.15, 0.2) is 6.33 Å². The fraction of sp³-hybridized carbons (Fsp3) is 0.556. The Bertz CT molecular complexity index is 301. The summed E-state index contributed by atoms with van der Waals surface area (Å²) in [5.74, 6) is 0.900. The highest BCUT2D eigenvalue weighted by atomic mass is 16.3. The van der Waals surface area contributed by atoms with Crippen LogP contribution in [0.1, 0.15) is 17.7 Å². The molecule has 0 atom stereocenters. The average Bonchev–Trinajstić information content (AvgIpc) is 2.62. The quantitative estimate of drug-likeness (QED) is 0.703. The standard InChI is InChI=1S/C9H13N3O/c13-5-4-10-9-7-2-1-3-8(7)11-6-12-9/h6,13H,1-5H2,(H,10,11,12). The van der Waals surface area contributed by atoms with Crippen LogP contribution in [0.2, 0.25) is 0 Å². The average molecular weight is 179 g/mol. The molecule has 0 aliphatic heterocycles. The first-order chi connectivity index (χ1) is 6.42. The van der Waals surface area contributed by atoms with Crippen molar-refractivity contribution in [1.29, 1.82) is 0 Å². The lowest BCUT2D eigenvalue weighted by molar-refractivity contribution is 0.311. The van der Waals surface area contributed by atoms with Crippen molar-refractivity contribution in [3.8, 4) is 0 Å². The second-order valence-corrected chi connectivity index (χ2v) is 3.15. The number of hydrogen-bond acceptors (Lipinski definition) is 4. The number of anilines is 1. The Kier molecular flexibility index (Phi) is 2.40. The minimum atomic E-state index is 0.138. The first-order valence-electron chi connectivity index (χ1n) is 4.59. The maximum atomic E-state index is 8.67. The van der Waals surface area contributed by atoms with Crippen molar-refractivity contribution in [2.75, 3.05) is 18.5 Å². The first-order valence-corrected chi connectivity index (χ1v) is 4.59. The van der Waals surface area contributed by atoms with Crippen LogP contribution in [0.5, 0.6) is 0 Å². The molecule has 0 bridgehead atoms. The lowest BCUT2D eigenvalue weighted by atomic mass is 10.2. The molecule has 0 saturated heterocycles. The monoisotopic (exact) mass is 179 g/mol. The summed E-state index contributed by atoms with van der Waals surface area (Å²) in [4.78, 5) is 8.37. The lowest BCUT2D eigenvalue weighted by Crippen LogP contribution is -2.09. The Labute approximate surface area is 77.0 Å². The number of aryl methyl sites for hydroxylation is 1. The topological polar surface area (TPSA) is 58.0 Å². The van der Waals surface area contributed by atoms with Crippen LogP contribution in [0.4, 0.5) is 5.82 Å². The molecule has 4 heteroatoms. The van der Waals surface area contributed by atoms with E-state index in [0.29, 0.717) is 6.54 Å². The fourth-order valence-corrected chi connectivity index (χ4v) is 1.69. The van der Waals surface area contributed by atoms with Crippen LogP contribution in [0.3, 0.4) is 0 Å². The molecule has 1 aromatic heterocycles. The summed E-state index contributed by atoms with van der Waals surface area (Å²) in [6.45, 7) is 0.697. The van der Waals surface area contributed by atoms with E-state index in [9.17, 15) is 0 Å². The largest absolute Gasteiger partial charge is 0.395 e. The van der Waals surface area contributed by atoms with E-state index in [2.05, 4.69) is 15.3 Å². The molecule has 0 aromatic carbocycles. The summed E-state index contributed by atoms with van der Waals surface area (Å²) in [6.07, 6.45) is 4.88. The van der Waals surface area contributed by atoms with Crippen LogP contribution in [-0.2, 0) is 12.8 Å². The predicted molar refractivity (Wildman–Crippen MR) is 49.6 cm³/mol. The van der Waals surface area contributed by atoms with Gasteiger partial charge < -0.3 is 10.4 Å². The Morgan fingerprint density at radius 2 is 2.31 bits per heavy atom. The number of rotatable bonds is 3. The normalized spacial score (nSPS) is 14.2. The molecule has 1 heterocycles. The van der Waals surface area contributed by atoms with E-state index in [1.807, 2.05) is 0 Å². The molecule has 0 saturated carbocycles. The summed E-state index contributed by atoms with van der Waals surface area (Å²) >= 11 is 0. The fourth-order valence-electron chi connectivity index (χ4n) is 1.69. The highest BCUT2D eigenvalue weighted by Gasteiger charge is 2.16. The summed E-state index contributed by atoms with van der Waals surface area (Å²) in [6, 6.07) is 0. The van der Waals surface area contributed by atoms with E-state index in [1.165, 1.54) is 12.0 Å². The zero-order valence-corrected chi connectivity index (χ0v) is 7.45. The third-order valence-corrected chi connectivity index (χ3v) is 2.28.